The van der Waals surface area contributed by atoms with Gasteiger partial charge in [-0.1, -0.05) is 11.8 Å². The van der Waals surface area contributed by atoms with E-state index in [0.717, 1.165) is 11.8 Å². The number of anilines is 1. The van der Waals surface area contributed by atoms with Gasteiger partial charge in [-0.15, -0.1) is 21.5 Å². The van der Waals surface area contributed by atoms with Gasteiger partial charge >= 0.3 is 0 Å². The van der Waals surface area contributed by atoms with Gasteiger partial charge in [0.2, 0.25) is 11.8 Å². The maximum Gasteiger partial charge on any atom is 0.277 e. The summed E-state index contributed by atoms with van der Waals surface area (Å²) in [4.78, 5) is 23.4. The summed E-state index contributed by atoms with van der Waals surface area (Å²) in [5, 5.41) is 12.9. The molecule has 0 radical (unpaired) electrons. The van der Waals surface area contributed by atoms with Crippen LogP contribution >= 0.6 is 23.1 Å². The fourth-order valence-corrected chi connectivity index (χ4v) is 3.58. The van der Waals surface area contributed by atoms with Gasteiger partial charge in [-0.2, -0.15) is 0 Å². The second-order valence-corrected chi connectivity index (χ2v) is 7.18. The molecule has 0 aliphatic rings. The minimum atomic E-state index is -0.598. The van der Waals surface area contributed by atoms with Crippen LogP contribution in [0.3, 0.4) is 0 Å². The normalized spacial score (nSPS) is 10.5. The van der Waals surface area contributed by atoms with E-state index in [-0.39, 0.29) is 28.3 Å². The Morgan fingerprint density at radius 1 is 1.21 bits per heavy atom. The number of hydrogen-bond acceptors (Lipinski definition) is 9. The van der Waals surface area contributed by atoms with Crippen LogP contribution < -0.4 is 20.5 Å². The Bertz CT molecular complexity index is 979. The van der Waals surface area contributed by atoms with Gasteiger partial charge in [-0.3, -0.25) is 9.59 Å². The van der Waals surface area contributed by atoms with Crippen molar-refractivity contribution < 1.29 is 23.5 Å². The maximum absolute atomic E-state index is 12.1. The number of benzene rings is 1. The molecule has 11 heteroatoms. The Balaban J connectivity index is 1.64. The number of hydrogen-bond donors (Lipinski definition) is 2. The molecule has 0 spiro atoms. The van der Waals surface area contributed by atoms with Crippen molar-refractivity contribution in [1.82, 2.24) is 10.2 Å². The third-order valence-corrected chi connectivity index (χ3v) is 5.16. The highest BCUT2D eigenvalue weighted by Gasteiger charge is 2.15. The zero-order valence-corrected chi connectivity index (χ0v) is 16.6. The number of carbonyl (C=O) groups is 2. The van der Waals surface area contributed by atoms with Gasteiger partial charge in [-0.25, -0.2) is 0 Å². The predicted octanol–water partition coefficient (Wildman–Crippen LogP) is 2.64. The highest BCUT2D eigenvalue weighted by molar-refractivity contribution is 7.99. The third kappa shape index (κ3) is 4.61. The van der Waals surface area contributed by atoms with Crippen molar-refractivity contribution in [2.75, 3.05) is 25.3 Å². The zero-order chi connectivity index (χ0) is 20.1. The molecule has 0 unspecified atom stereocenters. The second kappa shape index (κ2) is 8.76. The Labute approximate surface area is 168 Å². The summed E-state index contributed by atoms with van der Waals surface area (Å²) in [7, 11) is 3.09. The van der Waals surface area contributed by atoms with E-state index in [0.29, 0.717) is 22.1 Å². The number of primary amides is 1. The molecule has 28 heavy (non-hydrogen) atoms. The number of carbonyl (C=O) groups excluding carboxylic acids is 2. The van der Waals surface area contributed by atoms with Crippen LogP contribution in [-0.4, -0.2) is 42.0 Å². The molecular weight excluding hydrogens is 404 g/mol. The number of ether oxygens (including phenoxy) is 2. The highest BCUT2D eigenvalue weighted by atomic mass is 32.2. The van der Waals surface area contributed by atoms with Crippen LogP contribution in [-0.2, 0) is 4.79 Å². The summed E-state index contributed by atoms with van der Waals surface area (Å²) in [6.45, 7) is 0. The fourth-order valence-electron chi connectivity index (χ4n) is 2.21. The molecular formula is C17H16N4O5S2. The van der Waals surface area contributed by atoms with Crippen molar-refractivity contribution in [2.24, 2.45) is 5.73 Å². The molecule has 1 aromatic carbocycles. The number of methoxy groups -OCH3 is 2. The smallest absolute Gasteiger partial charge is 0.277 e. The minimum Gasteiger partial charge on any atom is -0.497 e. The molecule has 0 aliphatic heterocycles. The van der Waals surface area contributed by atoms with Gasteiger partial charge in [-0.05, 0) is 23.6 Å². The number of nitrogens with one attached hydrogen (secondary N) is 1. The number of nitrogens with two attached hydrogens (primary N) is 1. The number of rotatable bonds is 8. The summed E-state index contributed by atoms with van der Waals surface area (Å²) < 4.78 is 16.0. The lowest BCUT2D eigenvalue weighted by molar-refractivity contribution is -0.113. The van der Waals surface area contributed by atoms with E-state index >= 15 is 0 Å². The fraction of sp³-hybridized carbons (Fsp3) is 0.176. The van der Waals surface area contributed by atoms with Crippen LogP contribution in [0, 0.1) is 0 Å². The lowest BCUT2D eigenvalue weighted by Crippen LogP contribution is -2.17. The van der Waals surface area contributed by atoms with Gasteiger partial charge in [0.15, 0.2) is 0 Å². The van der Waals surface area contributed by atoms with Gasteiger partial charge in [0.1, 0.15) is 16.5 Å². The van der Waals surface area contributed by atoms with Crippen LogP contribution in [0.25, 0.3) is 11.5 Å². The molecule has 0 fully saturated rings. The summed E-state index contributed by atoms with van der Waals surface area (Å²) >= 11 is 2.29. The molecule has 3 N–H and O–H groups in total. The minimum absolute atomic E-state index is 0.0270. The lowest BCUT2D eigenvalue weighted by atomic mass is 10.2. The first-order valence-corrected chi connectivity index (χ1v) is 9.73. The Kier molecular flexibility index (Phi) is 6.16. The first-order chi connectivity index (χ1) is 13.5. The molecule has 2 amide bonds. The summed E-state index contributed by atoms with van der Waals surface area (Å²) in [5.41, 5.74) is 6.16. The number of aromatic nitrogens is 2. The number of nitrogens with zero attached hydrogens (tertiary/aromatic N) is 2. The zero-order valence-electron chi connectivity index (χ0n) is 14.9. The van der Waals surface area contributed by atoms with Crippen molar-refractivity contribution in [3.63, 3.8) is 0 Å². The molecule has 2 heterocycles. The van der Waals surface area contributed by atoms with Crippen molar-refractivity contribution in [1.29, 1.82) is 0 Å². The first-order valence-electron chi connectivity index (χ1n) is 7.87. The molecule has 0 saturated carbocycles. The quantitative estimate of drug-likeness (QED) is 0.532. The van der Waals surface area contributed by atoms with E-state index in [2.05, 4.69) is 15.5 Å². The van der Waals surface area contributed by atoms with E-state index in [1.54, 1.807) is 43.9 Å². The summed E-state index contributed by atoms with van der Waals surface area (Å²) in [5.74, 6) is 0.551. The molecule has 3 aromatic rings. The van der Waals surface area contributed by atoms with Crippen molar-refractivity contribution in [3.05, 3.63) is 35.2 Å². The average Bonchev–Trinajstić information content (AvgIpc) is 3.35. The van der Waals surface area contributed by atoms with Crippen molar-refractivity contribution >= 4 is 39.9 Å². The Morgan fingerprint density at radius 2 is 1.93 bits per heavy atom. The van der Waals surface area contributed by atoms with E-state index in [9.17, 15) is 9.59 Å². The number of thioether (sulfide) groups is 1. The molecule has 0 atom stereocenters. The highest BCUT2D eigenvalue weighted by Crippen LogP contribution is 2.30. The molecule has 0 saturated heterocycles. The Hall–Kier alpha value is -3.05. The Morgan fingerprint density at radius 3 is 2.57 bits per heavy atom. The van der Waals surface area contributed by atoms with Crippen LogP contribution in [0.1, 0.15) is 10.4 Å². The summed E-state index contributed by atoms with van der Waals surface area (Å²) in [6.07, 6.45) is 0. The lowest BCUT2D eigenvalue weighted by Gasteiger charge is -2.05. The number of thiophene rings is 1. The molecule has 3 rings (SSSR count). The van der Waals surface area contributed by atoms with Crippen LogP contribution in [0.2, 0.25) is 0 Å². The molecule has 146 valence electrons. The predicted molar refractivity (Wildman–Crippen MR) is 105 cm³/mol. The number of amides is 2. The second-order valence-electron chi connectivity index (χ2n) is 5.34. The standard InChI is InChI=1S/C17H16N4O5S2/c1-24-10-5-9(6-11(7-10)25-2)15-20-21-17(26-15)28-8-13(22)19-16-12(14(18)23)3-4-27-16/h3-7H,8H2,1-2H3,(H2,18,23)(H,19,22). The van der Waals surface area contributed by atoms with Crippen molar-refractivity contribution in [2.45, 2.75) is 5.22 Å². The van der Waals surface area contributed by atoms with Gasteiger partial charge in [0.25, 0.3) is 11.1 Å². The average molecular weight is 420 g/mol. The third-order valence-electron chi connectivity index (χ3n) is 3.52. The SMILES string of the molecule is COc1cc(OC)cc(-c2nnc(SCC(=O)Nc3sccc3C(N)=O)o2)c1. The molecule has 0 bridgehead atoms. The molecule has 0 aliphatic carbocycles. The van der Waals surface area contributed by atoms with Crippen LogP contribution in [0.5, 0.6) is 11.5 Å². The van der Waals surface area contributed by atoms with Crippen molar-refractivity contribution in [3.8, 4) is 23.0 Å². The van der Waals surface area contributed by atoms with Crippen LogP contribution in [0.4, 0.5) is 5.00 Å². The van der Waals surface area contributed by atoms with Gasteiger partial charge in [0, 0.05) is 11.6 Å². The topological polar surface area (TPSA) is 130 Å². The largest absolute Gasteiger partial charge is 0.497 e. The molecule has 9 nitrogen and oxygen atoms in total. The van der Waals surface area contributed by atoms with E-state index in [4.69, 9.17) is 19.6 Å². The van der Waals surface area contributed by atoms with E-state index in [1.165, 1.54) is 11.3 Å². The first kappa shape index (κ1) is 19.7. The molecule has 2 aromatic heterocycles. The maximum atomic E-state index is 12.1. The van der Waals surface area contributed by atoms with E-state index < -0.39 is 5.91 Å². The van der Waals surface area contributed by atoms with E-state index in [1.807, 2.05) is 0 Å². The van der Waals surface area contributed by atoms with Crippen LogP contribution in [0.15, 0.2) is 39.3 Å². The monoisotopic (exact) mass is 420 g/mol. The van der Waals surface area contributed by atoms with Gasteiger partial charge in [0.05, 0.1) is 25.5 Å². The summed E-state index contributed by atoms with van der Waals surface area (Å²) in [6, 6.07) is 6.76. The van der Waals surface area contributed by atoms with Gasteiger partial charge < -0.3 is 24.9 Å².